The predicted molar refractivity (Wildman–Crippen MR) is 73.0 cm³/mol. The van der Waals surface area contributed by atoms with E-state index in [0.29, 0.717) is 17.5 Å². The third-order valence-electron chi connectivity index (χ3n) is 4.23. The van der Waals surface area contributed by atoms with Crippen molar-refractivity contribution in [2.75, 3.05) is 0 Å². The quantitative estimate of drug-likeness (QED) is 0.886. The van der Waals surface area contributed by atoms with E-state index in [1.54, 1.807) is 6.26 Å². The summed E-state index contributed by atoms with van der Waals surface area (Å²) < 4.78 is 11.2. The SMILES string of the molecule is CC1(C)CCC(Oc2nc(CNC3CC3)co2)CC1. The van der Waals surface area contributed by atoms with Crippen LogP contribution < -0.4 is 10.1 Å². The second kappa shape index (κ2) is 5.16. The number of hydrogen-bond acceptors (Lipinski definition) is 4. The van der Waals surface area contributed by atoms with Gasteiger partial charge in [-0.2, -0.15) is 4.98 Å². The van der Waals surface area contributed by atoms with Gasteiger partial charge in [0, 0.05) is 12.6 Å². The first kappa shape index (κ1) is 13.0. The molecule has 0 radical (unpaired) electrons. The van der Waals surface area contributed by atoms with Crippen LogP contribution in [0.4, 0.5) is 0 Å². The normalized spacial score (nSPS) is 23.5. The van der Waals surface area contributed by atoms with Gasteiger partial charge in [0.1, 0.15) is 12.4 Å². The topological polar surface area (TPSA) is 47.3 Å². The standard InChI is InChI=1S/C15H24N2O2/c1-15(2)7-5-13(6-8-15)19-14-17-12(10-18-14)9-16-11-3-4-11/h10-11,13,16H,3-9H2,1-2H3. The molecule has 2 aliphatic carbocycles. The summed E-state index contributed by atoms with van der Waals surface area (Å²) in [5.74, 6) is 0. The molecule has 0 aromatic carbocycles. The largest absolute Gasteiger partial charge is 0.447 e. The molecule has 1 heterocycles. The summed E-state index contributed by atoms with van der Waals surface area (Å²) >= 11 is 0. The molecule has 0 atom stereocenters. The van der Waals surface area contributed by atoms with Crippen LogP contribution in [-0.4, -0.2) is 17.1 Å². The fourth-order valence-electron chi connectivity index (χ4n) is 2.59. The molecule has 1 N–H and O–H groups in total. The lowest BCUT2D eigenvalue weighted by Crippen LogP contribution is -2.28. The van der Waals surface area contributed by atoms with Gasteiger partial charge in [-0.05, 0) is 43.9 Å². The molecule has 19 heavy (non-hydrogen) atoms. The number of oxazole rings is 1. The summed E-state index contributed by atoms with van der Waals surface area (Å²) in [4.78, 5) is 4.39. The maximum Gasteiger partial charge on any atom is 0.394 e. The molecule has 0 unspecified atom stereocenters. The highest BCUT2D eigenvalue weighted by Crippen LogP contribution is 2.36. The molecule has 1 aromatic heterocycles. The zero-order valence-electron chi connectivity index (χ0n) is 11.9. The van der Waals surface area contributed by atoms with E-state index < -0.39 is 0 Å². The van der Waals surface area contributed by atoms with Gasteiger partial charge in [-0.15, -0.1) is 0 Å². The first-order valence-corrected chi connectivity index (χ1v) is 7.45. The minimum atomic E-state index is 0.274. The maximum atomic E-state index is 5.85. The van der Waals surface area contributed by atoms with Gasteiger partial charge in [-0.3, -0.25) is 0 Å². The van der Waals surface area contributed by atoms with Crippen LogP contribution in [-0.2, 0) is 6.54 Å². The maximum absolute atomic E-state index is 5.85. The summed E-state index contributed by atoms with van der Waals surface area (Å²) in [6.45, 7) is 5.45. The fraction of sp³-hybridized carbons (Fsp3) is 0.800. The molecule has 4 nitrogen and oxygen atoms in total. The van der Waals surface area contributed by atoms with Crippen LogP contribution in [0.3, 0.4) is 0 Å². The Morgan fingerprint density at radius 2 is 2.05 bits per heavy atom. The van der Waals surface area contributed by atoms with E-state index in [9.17, 15) is 0 Å². The number of hydrogen-bond donors (Lipinski definition) is 1. The zero-order valence-corrected chi connectivity index (χ0v) is 11.9. The van der Waals surface area contributed by atoms with Gasteiger partial charge < -0.3 is 14.5 Å². The van der Waals surface area contributed by atoms with Gasteiger partial charge in [0.15, 0.2) is 0 Å². The van der Waals surface area contributed by atoms with E-state index in [1.165, 1.54) is 25.7 Å². The Hall–Kier alpha value is -1.03. The Kier molecular flexibility index (Phi) is 3.52. The Bertz CT molecular complexity index is 414. The lowest BCUT2D eigenvalue weighted by molar-refractivity contribution is 0.0726. The van der Waals surface area contributed by atoms with E-state index in [0.717, 1.165) is 25.1 Å². The van der Waals surface area contributed by atoms with Crippen LogP contribution in [0.2, 0.25) is 0 Å². The number of nitrogens with zero attached hydrogens (tertiary/aromatic N) is 1. The van der Waals surface area contributed by atoms with Crippen molar-refractivity contribution in [1.82, 2.24) is 10.3 Å². The highest BCUT2D eigenvalue weighted by Gasteiger charge is 2.28. The molecule has 0 spiro atoms. The Morgan fingerprint density at radius 3 is 2.74 bits per heavy atom. The summed E-state index contributed by atoms with van der Waals surface area (Å²) in [5, 5.41) is 3.42. The van der Waals surface area contributed by atoms with Gasteiger partial charge in [0.25, 0.3) is 0 Å². The minimum absolute atomic E-state index is 0.274. The second-order valence-corrected chi connectivity index (χ2v) is 6.74. The number of aromatic nitrogens is 1. The van der Waals surface area contributed by atoms with Gasteiger partial charge in [0.05, 0.1) is 5.69 Å². The molecule has 4 heteroatoms. The van der Waals surface area contributed by atoms with Crippen molar-refractivity contribution in [2.45, 2.75) is 71.1 Å². The van der Waals surface area contributed by atoms with Crippen LogP contribution in [0.15, 0.2) is 10.7 Å². The van der Waals surface area contributed by atoms with E-state index in [1.807, 2.05) is 0 Å². The lowest BCUT2D eigenvalue weighted by Gasteiger charge is -2.33. The van der Waals surface area contributed by atoms with E-state index in [4.69, 9.17) is 9.15 Å². The average molecular weight is 264 g/mol. The zero-order chi connectivity index (χ0) is 13.3. The first-order chi connectivity index (χ1) is 9.11. The summed E-state index contributed by atoms with van der Waals surface area (Å²) in [7, 11) is 0. The fourth-order valence-corrected chi connectivity index (χ4v) is 2.59. The molecular formula is C15H24N2O2. The highest BCUT2D eigenvalue weighted by atomic mass is 16.6. The van der Waals surface area contributed by atoms with Crippen molar-refractivity contribution in [2.24, 2.45) is 5.41 Å². The highest BCUT2D eigenvalue weighted by molar-refractivity contribution is 5.01. The predicted octanol–water partition coefficient (Wildman–Crippen LogP) is 3.27. The molecule has 0 saturated heterocycles. The monoisotopic (exact) mass is 264 g/mol. The van der Waals surface area contributed by atoms with Crippen LogP contribution >= 0.6 is 0 Å². The van der Waals surface area contributed by atoms with Gasteiger partial charge in [-0.1, -0.05) is 13.8 Å². The van der Waals surface area contributed by atoms with Gasteiger partial charge in [0.2, 0.25) is 0 Å². The van der Waals surface area contributed by atoms with Crippen LogP contribution in [0.25, 0.3) is 0 Å². The average Bonchev–Trinajstić information content (AvgIpc) is 3.10. The minimum Gasteiger partial charge on any atom is -0.447 e. The van der Waals surface area contributed by atoms with Crippen LogP contribution in [0.5, 0.6) is 6.08 Å². The molecule has 0 aliphatic heterocycles. The number of ether oxygens (including phenoxy) is 1. The second-order valence-electron chi connectivity index (χ2n) is 6.74. The van der Waals surface area contributed by atoms with E-state index in [2.05, 4.69) is 24.1 Å². The third kappa shape index (κ3) is 3.72. The number of rotatable bonds is 5. The smallest absolute Gasteiger partial charge is 0.394 e. The molecule has 2 aliphatic rings. The van der Waals surface area contributed by atoms with E-state index >= 15 is 0 Å². The number of nitrogens with one attached hydrogen (secondary N) is 1. The summed E-state index contributed by atoms with van der Waals surface area (Å²) in [6, 6.07) is 0.696. The van der Waals surface area contributed by atoms with Crippen molar-refractivity contribution in [3.8, 4) is 6.08 Å². The van der Waals surface area contributed by atoms with Crippen molar-refractivity contribution >= 4 is 0 Å². The lowest BCUT2D eigenvalue weighted by atomic mass is 9.76. The Morgan fingerprint density at radius 1 is 1.32 bits per heavy atom. The van der Waals surface area contributed by atoms with Crippen LogP contribution in [0.1, 0.15) is 58.1 Å². The molecule has 0 amide bonds. The third-order valence-corrected chi connectivity index (χ3v) is 4.23. The molecule has 106 valence electrons. The van der Waals surface area contributed by atoms with Gasteiger partial charge >= 0.3 is 6.08 Å². The van der Waals surface area contributed by atoms with Crippen molar-refractivity contribution in [1.29, 1.82) is 0 Å². The summed E-state index contributed by atoms with van der Waals surface area (Å²) in [5.41, 5.74) is 1.41. The first-order valence-electron chi connectivity index (χ1n) is 7.45. The van der Waals surface area contributed by atoms with Crippen molar-refractivity contribution < 1.29 is 9.15 Å². The van der Waals surface area contributed by atoms with E-state index in [-0.39, 0.29) is 6.10 Å². The van der Waals surface area contributed by atoms with Crippen LogP contribution in [0, 0.1) is 5.41 Å². The van der Waals surface area contributed by atoms with Crippen molar-refractivity contribution in [3.63, 3.8) is 0 Å². The summed E-state index contributed by atoms with van der Waals surface area (Å²) in [6.07, 6.45) is 9.64. The molecular weight excluding hydrogens is 240 g/mol. The molecule has 2 fully saturated rings. The van der Waals surface area contributed by atoms with Crippen molar-refractivity contribution in [3.05, 3.63) is 12.0 Å². The molecule has 2 saturated carbocycles. The molecule has 1 aromatic rings. The Labute approximate surface area is 114 Å². The Balaban J connectivity index is 1.47. The molecule has 3 rings (SSSR count). The van der Waals surface area contributed by atoms with Gasteiger partial charge in [-0.25, -0.2) is 0 Å². The molecule has 0 bridgehead atoms.